The molecule has 0 aromatic heterocycles. The SMILES string of the molecule is CCCCCCCCCCC(=O)N[C@H](CN)C(=O)N[C@H]1CCNC(=O)[C@H](CC(C)C)NC(=O)[C@H](CCN)NC(=O)[C@H](CCN)NC(=O)[C@H](CC(C)C)NC(=O)[C@@H](Cc2ccccc2)NC(=O)[C@H](CCN)NC1=O. The van der Waals surface area contributed by atoms with Crippen molar-refractivity contribution in [1.29, 1.82) is 0 Å². The number of carbonyl (C=O) groups excluding carboxylic acids is 9. The molecule has 0 spiro atoms. The number of hydrogen-bond acceptors (Lipinski definition) is 13. The molecule has 1 saturated heterocycles. The predicted octanol–water partition coefficient (Wildman–Crippen LogP) is -0.745. The first-order valence-corrected chi connectivity index (χ1v) is 26.4. The highest BCUT2D eigenvalue weighted by molar-refractivity contribution is 5.98. The van der Waals surface area contributed by atoms with Gasteiger partial charge in [-0.3, -0.25) is 43.2 Å². The van der Waals surface area contributed by atoms with E-state index in [1.165, 1.54) is 12.8 Å². The Hall–Kier alpha value is -5.71. The molecule has 1 aliphatic heterocycles. The molecule has 9 amide bonds. The Bertz CT molecular complexity index is 1890. The average Bonchev–Trinajstić information content (AvgIpc) is 3.34. The summed E-state index contributed by atoms with van der Waals surface area (Å²) in [6.07, 6.45) is 8.17. The highest BCUT2D eigenvalue weighted by Crippen LogP contribution is 2.13. The van der Waals surface area contributed by atoms with Crippen molar-refractivity contribution in [2.45, 2.75) is 186 Å². The summed E-state index contributed by atoms with van der Waals surface area (Å²) < 4.78 is 0. The fourth-order valence-electron chi connectivity index (χ4n) is 8.33. The maximum atomic E-state index is 14.3. The third-order valence-electron chi connectivity index (χ3n) is 12.4. The zero-order valence-corrected chi connectivity index (χ0v) is 44.0. The van der Waals surface area contributed by atoms with Crippen LogP contribution in [-0.2, 0) is 49.6 Å². The fraction of sp³-hybridized carbons (Fsp3) is 0.706. The highest BCUT2D eigenvalue weighted by Gasteiger charge is 2.35. The maximum Gasteiger partial charge on any atom is 0.244 e. The number of benzene rings is 1. The van der Waals surface area contributed by atoms with E-state index in [-0.39, 0.29) is 95.9 Å². The Morgan fingerprint density at radius 1 is 0.562 bits per heavy atom. The number of unbranched alkanes of at least 4 members (excludes halogenated alkanes) is 7. The topological polar surface area (TPSA) is 366 Å². The van der Waals surface area contributed by atoms with E-state index < -0.39 is 101 Å². The van der Waals surface area contributed by atoms with Crippen molar-refractivity contribution in [3.8, 4) is 0 Å². The lowest BCUT2D eigenvalue weighted by Gasteiger charge is -2.28. The van der Waals surface area contributed by atoms with E-state index in [1.54, 1.807) is 30.3 Å². The summed E-state index contributed by atoms with van der Waals surface area (Å²) in [5, 5.41) is 24.3. The van der Waals surface area contributed by atoms with Gasteiger partial charge in [-0.2, -0.15) is 0 Å². The van der Waals surface area contributed by atoms with E-state index in [0.717, 1.165) is 32.1 Å². The minimum atomic E-state index is -1.43. The predicted molar refractivity (Wildman–Crippen MR) is 279 cm³/mol. The molecule has 22 heteroatoms. The van der Waals surface area contributed by atoms with E-state index in [0.29, 0.717) is 12.0 Å². The molecule has 0 aliphatic carbocycles. The van der Waals surface area contributed by atoms with Crippen LogP contribution in [0.1, 0.15) is 136 Å². The van der Waals surface area contributed by atoms with Crippen molar-refractivity contribution < 1.29 is 43.2 Å². The van der Waals surface area contributed by atoms with Crippen LogP contribution < -0.4 is 70.8 Å². The Labute approximate surface area is 432 Å². The first kappa shape index (κ1) is 63.4. The van der Waals surface area contributed by atoms with Gasteiger partial charge in [0.1, 0.15) is 48.3 Å². The molecule has 0 unspecified atom stereocenters. The minimum Gasteiger partial charge on any atom is -0.354 e. The molecular weight excluding hydrogens is 939 g/mol. The van der Waals surface area contributed by atoms with Gasteiger partial charge in [-0.1, -0.05) is 110 Å². The molecule has 0 bridgehead atoms. The summed E-state index contributed by atoms with van der Waals surface area (Å²) in [5.41, 5.74) is 24.4. The monoisotopic (exact) mass is 1030 g/mol. The van der Waals surface area contributed by atoms with Gasteiger partial charge in [-0.25, -0.2) is 0 Å². The van der Waals surface area contributed by atoms with Gasteiger partial charge in [0.05, 0.1) is 0 Å². The lowest BCUT2D eigenvalue weighted by atomic mass is 10.00. The zero-order chi connectivity index (χ0) is 54.3. The Kier molecular flexibility index (Phi) is 30.8. The summed E-state index contributed by atoms with van der Waals surface area (Å²) in [5.74, 6) is -6.69. The van der Waals surface area contributed by atoms with E-state index >= 15 is 0 Å². The van der Waals surface area contributed by atoms with Crippen LogP contribution in [-0.4, -0.2) is 134 Å². The molecule has 1 fully saturated rings. The van der Waals surface area contributed by atoms with Crippen molar-refractivity contribution in [2.75, 3.05) is 32.7 Å². The summed E-state index contributed by atoms with van der Waals surface area (Å²) >= 11 is 0. The number of amides is 9. The second kappa shape index (κ2) is 35.4. The van der Waals surface area contributed by atoms with Crippen molar-refractivity contribution >= 4 is 53.2 Å². The highest BCUT2D eigenvalue weighted by atomic mass is 16.2. The van der Waals surface area contributed by atoms with Crippen molar-refractivity contribution in [3.05, 3.63) is 35.9 Å². The van der Waals surface area contributed by atoms with Crippen LogP contribution in [0.2, 0.25) is 0 Å². The van der Waals surface area contributed by atoms with Crippen LogP contribution >= 0.6 is 0 Å². The van der Waals surface area contributed by atoms with E-state index in [1.807, 2.05) is 27.7 Å². The minimum absolute atomic E-state index is 0.0359. The molecule has 22 nitrogen and oxygen atoms in total. The second-order valence-corrected chi connectivity index (χ2v) is 19.8. The van der Waals surface area contributed by atoms with Gasteiger partial charge < -0.3 is 70.8 Å². The molecule has 412 valence electrons. The van der Waals surface area contributed by atoms with Gasteiger partial charge in [-0.05, 0) is 82.0 Å². The lowest BCUT2D eigenvalue weighted by Crippen LogP contribution is -2.61. The number of hydrogen-bond donors (Lipinski definition) is 13. The van der Waals surface area contributed by atoms with Crippen LogP contribution in [0.25, 0.3) is 0 Å². The van der Waals surface area contributed by atoms with E-state index in [4.69, 9.17) is 22.9 Å². The smallest absolute Gasteiger partial charge is 0.244 e. The third kappa shape index (κ3) is 24.7. The number of nitrogens with two attached hydrogens (primary N) is 4. The van der Waals surface area contributed by atoms with Gasteiger partial charge in [-0.15, -0.1) is 0 Å². The van der Waals surface area contributed by atoms with Gasteiger partial charge in [0.15, 0.2) is 0 Å². The number of nitrogens with one attached hydrogen (secondary N) is 9. The molecule has 17 N–H and O–H groups in total. The Balaban J connectivity index is 2.62. The summed E-state index contributed by atoms with van der Waals surface area (Å²) in [7, 11) is 0. The Morgan fingerprint density at radius 3 is 1.47 bits per heavy atom. The van der Waals surface area contributed by atoms with Crippen molar-refractivity contribution in [2.24, 2.45) is 34.8 Å². The summed E-state index contributed by atoms with van der Waals surface area (Å²) in [6, 6.07) is -1.38. The average molecular weight is 1030 g/mol. The van der Waals surface area contributed by atoms with Crippen LogP contribution in [0.4, 0.5) is 0 Å². The molecule has 1 aromatic rings. The molecule has 1 heterocycles. The summed E-state index contributed by atoms with van der Waals surface area (Å²) in [6.45, 7) is 8.81. The molecule has 2 rings (SSSR count). The largest absolute Gasteiger partial charge is 0.354 e. The molecule has 8 atom stereocenters. The first-order chi connectivity index (χ1) is 34.9. The van der Waals surface area contributed by atoms with Crippen molar-refractivity contribution in [1.82, 2.24) is 47.9 Å². The first-order valence-electron chi connectivity index (χ1n) is 26.4. The van der Waals surface area contributed by atoms with Crippen LogP contribution in [0.3, 0.4) is 0 Å². The maximum absolute atomic E-state index is 14.3. The zero-order valence-electron chi connectivity index (χ0n) is 44.0. The Morgan fingerprint density at radius 2 is 0.986 bits per heavy atom. The molecule has 1 aliphatic rings. The van der Waals surface area contributed by atoms with Crippen LogP contribution in [0, 0.1) is 11.8 Å². The molecular formula is C51H89N13O9. The standard InChI is InChI=1S/C51H89N13O9/c1-6-7-8-9-10-11-12-16-19-43(65)57-42(31-55)51(73)61-38-23-27-56-44(66)39(28-32(2)3)62-46(68)36(21-25-53)58-45(67)35(20-24-52)60-49(71)40(29-33(4)5)63-50(72)41(30-34-17-14-13-15-18-34)64-47(69)37(22-26-54)59-48(38)70/h13-15,17-18,32-33,35-42H,6-12,16,19-31,52-55H2,1-5H3,(H,56,66)(H,57,65)(H,58,67)(H,59,70)(H,60,71)(H,61,73)(H,62,68)(H,63,72)(H,64,69)/t35-,36-,37-,38-,39-,40-,41+,42+/m0/s1. The molecule has 0 saturated carbocycles. The van der Waals surface area contributed by atoms with Gasteiger partial charge >= 0.3 is 0 Å². The summed E-state index contributed by atoms with van der Waals surface area (Å²) in [4.78, 5) is 125. The van der Waals surface area contributed by atoms with E-state index in [9.17, 15) is 43.2 Å². The van der Waals surface area contributed by atoms with Crippen LogP contribution in [0.15, 0.2) is 30.3 Å². The van der Waals surface area contributed by atoms with Gasteiger partial charge in [0.25, 0.3) is 0 Å². The van der Waals surface area contributed by atoms with Gasteiger partial charge in [0, 0.05) is 25.9 Å². The molecule has 73 heavy (non-hydrogen) atoms. The number of carbonyl (C=O) groups is 9. The normalized spacial score (nSPS) is 22.7. The van der Waals surface area contributed by atoms with Crippen LogP contribution in [0.5, 0.6) is 0 Å². The quantitative estimate of drug-likeness (QED) is 0.0538. The fourth-order valence-corrected chi connectivity index (χ4v) is 8.33. The second-order valence-electron chi connectivity index (χ2n) is 19.8. The van der Waals surface area contributed by atoms with Crippen molar-refractivity contribution in [3.63, 3.8) is 0 Å². The van der Waals surface area contributed by atoms with E-state index in [2.05, 4.69) is 54.8 Å². The molecule has 0 radical (unpaired) electrons. The third-order valence-corrected chi connectivity index (χ3v) is 12.4. The molecule has 1 aromatic carbocycles. The lowest BCUT2D eigenvalue weighted by molar-refractivity contribution is -0.136. The number of rotatable bonds is 25. The van der Waals surface area contributed by atoms with Gasteiger partial charge in [0.2, 0.25) is 53.2 Å².